The number of methoxy groups -OCH3 is 1. The molecule has 0 aliphatic heterocycles. The molecule has 72 valence electrons. The monoisotopic (exact) mass is 195 g/mol. The van der Waals surface area contributed by atoms with Crippen molar-refractivity contribution in [1.29, 1.82) is 5.26 Å². The van der Waals surface area contributed by atoms with E-state index in [9.17, 15) is 9.18 Å². The van der Waals surface area contributed by atoms with E-state index in [2.05, 4.69) is 4.74 Å². The minimum Gasteiger partial charge on any atom is -0.508 e. The first-order chi connectivity index (χ1) is 6.60. The number of nitrogens with zero attached hydrogens (tertiary/aromatic N) is 1. The van der Waals surface area contributed by atoms with E-state index in [0.717, 1.165) is 19.2 Å². The van der Waals surface area contributed by atoms with Gasteiger partial charge in [-0.2, -0.15) is 5.26 Å². The van der Waals surface area contributed by atoms with Gasteiger partial charge in [-0.25, -0.2) is 9.18 Å². The summed E-state index contributed by atoms with van der Waals surface area (Å²) in [6.45, 7) is 0. The molecule has 14 heavy (non-hydrogen) atoms. The van der Waals surface area contributed by atoms with Gasteiger partial charge in [-0.05, 0) is 6.07 Å². The second-order valence-electron chi connectivity index (χ2n) is 2.46. The summed E-state index contributed by atoms with van der Waals surface area (Å²) in [5.74, 6) is -2.28. The van der Waals surface area contributed by atoms with Gasteiger partial charge in [0.2, 0.25) is 0 Å². The van der Waals surface area contributed by atoms with Crippen LogP contribution in [0.3, 0.4) is 0 Å². The number of carbonyl (C=O) groups is 1. The van der Waals surface area contributed by atoms with Crippen molar-refractivity contribution < 1.29 is 19.0 Å². The number of halogens is 1. The molecule has 0 radical (unpaired) electrons. The lowest BCUT2D eigenvalue weighted by Gasteiger charge is -2.02. The second kappa shape index (κ2) is 3.75. The number of carbonyl (C=O) groups excluding carboxylic acids is 1. The van der Waals surface area contributed by atoms with E-state index in [1.807, 2.05) is 0 Å². The fourth-order valence-corrected chi connectivity index (χ4v) is 0.949. The Labute approximate surface area is 79.2 Å². The Balaban J connectivity index is 3.38. The molecule has 0 fully saturated rings. The third kappa shape index (κ3) is 1.64. The summed E-state index contributed by atoms with van der Waals surface area (Å²) in [5.41, 5.74) is -0.852. The average molecular weight is 195 g/mol. The number of nitriles is 1. The summed E-state index contributed by atoms with van der Waals surface area (Å²) in [7, 11) is 1.08. The average Bonchev–Trinajstić information content (AvgIpc) is 2.19. The molecule has 1 N–H and O–H groups in total. The molecule has 1 rings (SSSR count). The molecule has 0 unspecified atom stereocenters. The number of esters is 1. The molecule has 0 bridgehead atoms. The van der Waals surface area contributed by atoms with Crippen LogP contribution in [0.5, 0.6) is 5.75 Å². The molecule has 0 aliphatic carbocycles. The predicted octanol–water partition coefficient (Wildman–Crippen LogP) is 1.19. The zero-order valence-electron chi connectivity index (χ0n) is 7.24. The third-order valence-electron chi connectivity index (χ3n) is 1.58. The SMILES string of the molecule is COC(=O)c1cc(O)cc(C#N)c1F. The normalized spacial score (nSPS) is 9.21. The fourth-order valence-electron chi connectivity index (χ4n) is 0.949. The van der Waals surface area contributed by atoms with Gasteiger partial charge >= 0.3 is 5.97 Å². The largest absolute Gasteiger partial charge is 0.508 e. The van der Waals surface area contributed by atoms with E-state index in [4.69, 9.17) is 10.4 Å². The number of phenolic OH excluding ortho intramolecular Hbond substituents is 1. The molecule has 0 saturated heterocycles. The zero-order chi connectivity index (χ0) is 10.7. The van der Waals surface area contributed by atoms with Crippen molar-refractivity contribution in [3.63, 3.8) is 0 Å². The molecule has 1 aromatic rings. The van der Waals surface area contributed by atoms with Crippen molar-refractivity contribution in [2.45, 2.75) is 0 Å². The Morgan fingerprint density at radius 3 is 2.79 bits per heavy atom. The molecule has 1 aromatic carbocycles. The Bertz CT molecular complexity index is 423. The molecule has 0 saturated carbocycles. The molecular weight excluding hydrogens is 189 g/mol. The van der Waals surface area contributed by atoms with Gasteiger partial charge in [0, 0.05) is 6.07 Å². The molecule has 0 spiro atoms. The lowest BCUT2D eigenvalue weighted by molar-refractivity contribution is 0.0595. The summed E-state index contributed by atoms with van der Waals surface area (Å²) >= 11 is 0. The van der Waals surface area contributed by atoms with Crippen LogP contribution in [0.1, 0.15) is 15.9 Å². The van der Waals surface area contributed by atoms with Crippen molar-refractivity contribution in [3.05, 3.63) is 29.1 Å². The molecule has 0 amide bonds. The van der Waals surface area contributed by atoms with Gasteiger partial charge in [0.15, 0.2) is 5.82 Å². The molecule has 0 aromatic heterocycles. The Morgan fingerprint density at radius 2 is 2.29 bits per heavy atom. The topological polar surface area (TPSA) is 70.3 Å². The molecule has 0 atom stereocenters. The van der Waals surface area contributed by atoms with Crippen LogP contribution in [0.2, 0.25) is 0 Å². The number of rotatable bonds is 1. The van der Waals surface area contributed by atoms with Gasteiger partial charge < -0.3 is 9.84 Å². The van der Waals surface area contributed by atoms with E-state index < -0.39 is 22.9 Å². The highest BCUT2D eigenvalue weighted by atomic mass is 19.1. The minimum absolute atomic E-state index is 0.358. The number of ether oxygens (including phenoxy) is 1. The smallest absolute Gasteiger partial charge is 0.341 e. The summed E-state index contributed by atoms with van der Waals surface area (Å²) in [4.78, 5) is 11.0. The predicted molar refractivity (Wildman–Crippen MR) is 44.1 cm³/mol. The number of aromatic hydroxyl groups is 1. The number of hydrogen-bond donors (Lipinski definition) is 1. The lowest BCUT2D eigenvalue weighted by atomic mass is 10.1. The quantitative estimate of drug-likeness (QED) is 0.683. The second-order valence-corrected chi connectivity index (χ2v) is 2.46. The lowest BCUT2D eigenvalue weighted by Crippen LogP contribution is -2.05. The van der Waals surface area contributed by atoms with Gasteiger partial charge in [0.25, 0.3) is 0 Å². The zero-order valence-corrected chi connectivity index (χ0v) is 7.24. The van der Waals surface area contributed by atoms with Crippen LogP contribution in [-0.2, 0) is 4.74 Å². The van der Waals surface area contributed by atoms with Gasteiger partial charge in [0.05, 0.1) is 12.7 Å². The first-order valence-electron chi connectivity index (χ1n) is 3.61. The summed E-state index contributed by atoms with van der Waals surface area (Å²) in [6.07, 6.45) is 0. The van der Waals surface area contributed by atoms with E-state index in [0.29, 0.717) is 0 Å². The third-order valence-corrected chi connectivity index (χ3v) is 1.58. The van der Waals surface area contributed by atoms with Crippen LogP contribution >= 0.6 is 0 Å². The minimum atomic E-state index is -0.989. The van der Waals surface area contributed by atoms with Crippen molar-refractivity contribution >= 4 is 5.97 Å². The Morgan fingerprint density at radius 1 is 1.64 bits per heavy atom. The maximum absolute atomic E-state index is 13.3. The molecule has 0 heterocycles. The number of benzene rings is 1. The van der Waals surface area contributed by atoms with Crippen molar-refractivity contribution in [3.8, 4) is 11.8 Å². The van der Waals surface area contributed by atoms with Crippen molar-refractivity contribution in [1.82, 2.24) is 0 Å². The van der Waals surface area contributed by atoms with E-state index in [1.54, 1.807) is 0 Å². The highest BCUT2D eigenvalue weighted by molar-refractivity contribution is 5.90. The molecular formula is C9H6FNO3. The van der Waals surface area contributed by atoms with Crippen LogP contribution in [0.4, 0.5) is 4.39 Å². The molecule has 0 aliphatic rings. The van der Waals surface area contributed by atoms with Gasteiger partial charge in [-0.3, -0.25) is 0 Å². The van der Waals surface area contributed by atoms with Crippen LogP contribution in [0, 0.1) is 17.1 Å². The van der Waals surface area contributed by atoms with Crippen LogP contribution in [0.25, 0.3) is 0 Å². The Kier molecular flexibility index (Phi) is 2.67. The van der Waals surface area contributed by atoms with Gasteiger partial charge in [-0.15, -0.1) is 0 Å². The first-order valence-corrected chi connectivity index (χ1v) is 3.61. The highest BCUT2D eigenvalue weighted by Gasteiger charge is 2.17. The summed E-state index contributed by atoms with van der Waals surface area (Å²) < 4.78 is 17.5. The van der Waals surface area contributed by atoms with E-state index in [-0.39, 0.29) is 5.75 Å². The number of phenols is 1. The summed E-state index contributed by atoms with van der Waals surface area (Å²) in [6, 6.07) is 3.35. The van der Waals surface area contributed by atoms with Gasteiger partial charge in [0.1, 0.15) is 17.4 Å². The van der Waals surface area contributed by atoms with E-state index >= 15 is 0 Å². The highest BCUT2D eigenvalue weighted by Crippen LogP contribution is 2.20. The Hall–Kier alpha value is -2.09. The summed E-state index contributed by atoms with van der Waals surface area (Å²) in [5, 5.41) is 17.5. The maximum Gasteiger partial charge on any atom is 0.341 e. The van der Waals surface area contributed by atoms with Gasteiger partial charge in [-0.1, -0.05) is 0 Å². The number of hydrogen-bond acceptors (Lipinski definition) is 4. The van der Waals surface area contributed by atoms with Crippen LogP contribution < -0.4 is 0 Å². The fraction of sp³-hybridized carbons (Fsp3) is 0.111. The molecule has 4 nitrogen and oxygen atoms in total. The van der Waals surface area contributed by atoms with Crippen molar-refractivity contribution in [2.24, 2.45) is 0 Å². The van der Waals surface area contributed by atoms with E-state index in [1.165, 1.54) is 6.07 Å². The van der Waals surface area contributed by atoms with Crippen LogP contribution in [-0.4, -0.2) is 18.2 Å². The maximum atomic E-state index is 13.3. The molecule has 5 heteroatoms. The standard InChI is InChI=1S/C9H6FNO3/c1-14-9(13)7-3-6(12)2-5(4-11)8(7)10/h2-3,12H,1H3. The van der Waals surface area contributed by atoms with Crippen molar-refractivity contribution in [2.75, 3.05) is 7.11 Å². The first kappa shape index (κ1) is 9.99. The van der Waals surface area contributed by atoms with Crippen LogP contribution in [0.15, 0.2) is 12.1 Å².